The Kier molecular flexibility index (Phi) is 5.08. The van der Waals surface area contributed by atoms with Gasteiger partial charge in [0.05, 0.1) is 6.10 Å². The van der Waals surface area contributed by atoms with E-state index in [2.05, 4.69) is 10.6 Å². The van der Waals surface area contributed by atoms with Gasteiger partial charge in [-0.25, -0.2) is 4.79 Å². The Morgan fingerprint density at radius 1 is 1.38 bits per heavy atom. The topological polar surface area (TPSA) is 93.5 Å². The monoisotopic (exact) mass is 297 g/mol. The molecule has 21 heavy (non-hydrogen) atoms. The van der Waals surface area contributed by atoms with E-state index in [1.165, 1.54) is 45.6 Å². The van der Waals surface area contributed by atoms with Crippen molar-refractivity contribution in [1.82, 2.24) is 10.6 Å². The van der Waals surface area contributed by atoms with E-state index in [-0.39, 0.29) is 5.91 Å². The van der Waals surface area contributed by atoms with Crippen molar-refractivity contribution < 1.29 is 14.3 Å². The van der Waals surface area contributed by atoms with Crippen LogP contribution in [-0.4, -0.2) is 37.7 Å². The smallest absolute Gasteiger partial charge is 0.312 e. The summed E-state index contributed by atoms with van der Waals surface area (Å²) in [4.78, 5) is 22.8. The molecule has 2 aliphatic carbocycles. The Morgan fingerprint density at radius 2 is 2.10 bits per heavy atom. The van der Waals surface area contributed by atoms with Gasteiger partial charge in [0.1, 0.15) is 6.04 Å². The first kappa shape index (κ1) is 16.1. The van der Waals surface area contributed by atoms with Crippen molar-refractivity contribution in [1.29, 1.82) is 0 Å². The van der Waals surface area contributed by atoms with Crippen LogP contribution in [0.5, 0.6) is 0 Å². The van der Waals surface area contributed by atoms with Crippen LogP contribution in [0.1, 0.15) is 45.4 Å². The minimum atomic E-state index is -0.744. The molecule has 6 heteroatoms. The molecule has 3 unspecified atom stereocenters. The Balaban J connectivity index is 1.81. The summed E-state index contributed by atoms with van der Waals surface area (Å²) in [6.07, 6.45) is 7.42. The van der Waals surface area contributed by atoms with E-state index in [9.17, 15) is 9.59 Å². The lowest BCUT2D eigenvalue weighted by Crippen LogP contribution is -2.54. The Hall–Kier alpha value is -1.30. The van der Waals surface area contributed by atoms with Gasteiger partial charge < -0.3 is 21.1 Å². The zero-order chi connectivity index (χ0) is 15.5. The van der Waals surface area contributed by atoms with Crippen LogP contribution in [0.4, 0.5) is 4.79 Å². The number of rotatable bonds is 6. The molecule has 1 spiro atoms. The molecule has 120 valence electrons. The normalized spacial score (nSPS) is 25.9. The summed E-state index contributed by atoms with van der Waals surface area (Å²) in [7, 11) is 1.53. The summed E-state index contributed by atoms with van der Waals surface area (Å²) < 4.78 is 5.86. The summed E-state index contributed by atoms with van der Waals surface area (Å²) in [5, 5.41) is 4.97. The van der Waals surface area contributed by atoms with E-state index >= 15 is 0 Å². The molecular formula is C15H27N3O3. The molecule has 0 bridgehead atoms. The highest BCUT2D eigenvalue weighted by atomic mass is 16.5. The number of amides is 3. The number of primary amides is 1. The summed E-state index contributed by atoms with van der Waals surface area (Å²) in [6.45, 7) is 2.45. The fraction of sp³-hybridized carbons (Fsp3) is 0.867. The molecule has 0 saturated heterocycles. The summed E-state index contributed by atoms with van der Waals surface area (Å²) in [5.74, 6) is 0.284. The minimum Gasteiger partial charge on any atom is -0.376 e. The quantitative estimate of drug-likeness (QED) is 0.686. The number of carbonyl (C=O) groups is 2. The van der Waals surface area contributed by atoms with Crippen LogP contribution in [0.25, 0.3) is 0 Å². The first-order valence-electron chi connectivity index (χ1n) is 7.85. The number of nitrogens with two attached hydrogens (primary N) is 1. The van der Waals surface area contributed by atoms with Crippen LogP contribution in [0.15, 0.2) is 0 Å². The van der Waals surface area contributed by atoms with Gasteiger partial charge in [0.25, 0.3) is 0 Å². The Labute approximate surface area is 126 Å². The van der Waals surface area contributed by atoms with Crippen LogP contribution in [0.3, 0.4) is 0 Å². The number of hydrogen-bond donors (Lipinski definition) is 3. The van der Waals surface area contributed by atoms with E-state index in [0.717, 1.165) is 0 Å². The summed E-state index contributed by atoms with van der Waals surface area (Å²) in [5.41, 5.74) is 5.73. The molecule has 6 nitrogen and oxygen atoms in total. The molecule has 3 atom stereocenters. The van der Waals surface area contributed by atoms with Crippen LogP contribution < -0.4 is 16.4 Å². The second-order valence-electron chi connectivity index (χ2n) is 6.60. The number of urea groups is 1. The van der Waals surface area contributed by atoms with Gasteiger partial charge in [0.2, 0.25) is 5.91 Å². The Bertz CT molecular complexity index is 396. The Morgan fingerprint density at radius 3 is 2.67 bits per heavy atom. The van der Waals surface area contributed by atoms with Crippen molar-refractivity contribution in [3.05, 3.63) is 0 Å². The molecule has 4 N–H and O–H groups in total. The van der Waals surface area contributed by atoms with Crippen LogP contribution in [0, 0.1) is 11.3 Å². The minimum absolute atomic E-state index is 0.288. The second kappa shape index (κ2) is 6.64. The molecule has 3 amide bonds. The van der Waals surface area contributed by atoms with Gasteiger partial charge in [-0.15, -0.1) is 0 Å². The third kappa shape index (κ3) is 4.33. The van der Waals surface area contributed by atoms with Gasteiger partial charge in [-0.2, -0.15) is 0 Å². The molecule has 0 aromatic heterocycles. The lowest BCUT2D eigenvalue weighted by atomic mass is 9.79. The zero-order valence-corrected chi connectivity index (χ0v) is 13.0. The summed E-state index contributed by atoms with van der Waals surface area (Å²) >= 11 is 0. The van der Waals surface area contributed by atoms with Crippen molar-refractivity contribution in [2.24, 2.45) is 17.1 Å². The number of hydrogen-bond acceptors (Lipinski definition) is 3. The van der Waals surface area contributed by atoms with Crippen LogP contribution >= 0.6 is 0 Å². The maximum absolute atomic E-state index is 11.8. The first-order valence-corrected chi connectivity index (χ1v) is 7.85. The molecule has 0 aliphatic heterocycles. The first-order chi connectivity index (χ1) is 9.96. The van der Waals surface area contributed by atoms with Gasteiger partial charge in [-0.3, -0.25) is 4.79 Å². The van der Waals surface area contributed by atoms with Crippen molar-refractivity contribution in [2.45, 2.75) is 57.6 Å². The molecular weight excluding hydrogens is 270 g/mol. The zero-order valence-electron chi connectivity index (χ0n) is 13.0. The second-order valence-corrected chi connectivity index (χ2v) is 6.60. The van der Waals surface area contributed by atoms with Gasteiger partial charge in [-0.1, -0.05) is 6.42 Å². The fourth-order valence-corrected chi connectivity index (χ4v) is 3.44. The summed E-state index contributed by atoms with van der Waals surface area (Å²) in [6, 6.07) is -1.46. The van der Waals surface area contributed by atoms with Crippen molar-refractivity contribution in [3.8, 4) is 0 Å². The molecule has 2 rings (SSSR count). The third-order valence-electron chi connectivity index (χ3n) is 4.89. The largest absolute Gasteiger partial charge is 0.376 e. The standard InChI is InChI=1S/C15H27N3O3/c1-10(12(13(19)17-2)18-14(16)20)21-9-11-4-3-5-15(8-11)6-7-15/h10-12H,3-9H2,1-2H3,(H,17,19)(H3,16,18,20). The molecule has 2 saturated carbocycles. The number of ether oxygens (including phenoxy) is 1. The van der Waals surface area contributed by atoms with Gasteiger partial charge in [-0.05, 0) is 50.4 Å². The highest BCUT2D eigenvalue weighted by molar-refractivity contribution is 5.86. The van der Waals surface area contributed by atoms with E-state index in [4.69, 9.17) is 10.5 Å². The molecule has 2 aliphatic rings. The highest BCUT2D eigenvalue weighted by Crippen LogP contribution is 2.57. The lowest BCUT2D eigenvalue weighted by molar-refractivity contribution is -0.126. The van der Waals surface area contributed by atoms with Crippen molar-refractivity contribution >= 4 is 11.9 Å². The highest BCUT2D eigenvalue weighted by Gasteiger charge is 2.45. The van der Waals surface area contributed by atoms with E-state index in [1.807, 2.05) is 0 Å². The van der Waals surface area contributed by atoms with Gasteiger partial charge in [0.15, 0.2) is 0 Å². The number of nitrogens with one attached hydrogen (secondary N) is 2. The van der Waals surface area contributed by atoms with Crippen LogP contribution in [-0.2, 0) is 9.53 Å². The predicted octanol–water partition coefficient (Wildman–Crippen LogP) is 1.14. The van der Waals surface area contributed by atoms with Crippen molar-refractivity contribution in [2.75, 3.05) is 13.7 Å². The molecule has 0 heterocycles. The third-order valence-corrected chi connectivity index (χ3v) is 4.89. The fourth-order valence-electron chi connectivity index (χ4n) is 3.44. The molecule has 0 aromatic carbocycles. The molecule has 0 aromatic rings. The van der Waals surface area contributed by atoms with Gasteiger partial charge in [0, 0.05) is 13.7 Å². The average Bonchev–Trinajstić information content (AvgIpc) is 3.20. The lowest BCUT2D eigenvalue weighted by Gasteiger charge is -2.31. The maximum Gasteiger partial charge on any atom is 0.312 e. The molecule has 2 fully saturated rings. The number of likely N-dealkylation sites (N-methyl/N-ethyl adjacent to an activating group) is 1. The molecule has 0 radical (unpaired) electrons. The van der Waals surface area contributed by atoms with Crippen molar-refractivity contribution in [3.63, 3.8) is 0 Å². The number of carbonyl (C=O) groups excluding carboxylic acids is 2. The van der Waals surface area contributed by atoms with Crippen LogP contribution in [0.2, 0.25) is 0 Å². The van der Waals surface area contributed by atoms with E-state index in [0.29, 0.717) is 17.9 Å². The SMILES string of the molecule is CNC(=O)C(NC(N)=O)C(C)OCC1CCCC2(CC2)C1. The van der Waals surface area contributed by atoms with E-state index in [1.54, 1.807) is 6.92 Å². The van der Waals surface area contributed by atoms with Gasteiger partial charge >= 0.3 is 6.03 Å². The van der Waals surface area contributed by atoms with E-state index < -0.39 is 18.2 Å². The predicted molar refractivity (Wildman–Crippen MR) is 79.6 cm³/mol. The maximum atomic E-state index is 11.8. The average molecular weight is 297 g/mol.